The van der Waals surface area contributed by atoms with Crippen molar-refractivity contribution < 1.29 is 4.39 Å². The molecule has 0 bridgehead atoms. The average molecular weight is 378 g/mol. The predicted octanol–water partition coefficient (Wildman–Crippen LogP) is 4.06. The molecule has 0 saturated carbocycles. The maximum absolute atomic E-state index is 14.2. The van der Waals surface area contributed by atoms with Gasteiger partial charge in [0.1, 0.15) is 0 Å². The summed E-state index contributed by atoms with van der Waals surface area (Å²) in [6.07, 6.45) is -0.816. The summed E-state index contributed by atoms with van der Waals surface area (Å²) in [4.78, 5) is 12.3. The van der Waals surface area contributed by atoms with Gasteiger partial charge in [-0.05, 0) is 24.3 Å². The van der Waals surface area contributed by atoms with E-state index in [0.717, 1.165) is 34.5 Å². The van der Waals surface area contributed by atoms with Gasteiger partial charge in [-0.15, -0.1) is 11.8 Å². The zero-order valence-electron chi connectivity index (χ0n) is 14.2. The number of nitrogen functional groups attached to an aromatic ring is 1. The maximum Gasteiger partial charge on any atom is 0.314 e. The quantitative estimate of drug-likeness (QED) is 0.523. The molecule has 0 atom stereocenters. The molecule has 0 amide bonds. The van der Waals surface area contributed by atoms with Crippen LogP contribution < -0.4 is 11.1 Å². The van der Waals surface area contributed by atoms with E-state index in [0.29, 0.717) is 11.5 Å². The molecule has 4 aromatic rings. The van der Waals surface area contributed by atoms with Gasteiger partial charge in [-0.1, -0.05) is 24.3 Å². The number of aromatic nitrogens is 4. The van der Waals surface area contributed by atoms with E-state index in [1.807, 2.05) is 18.2 Å². The molecule has 0 fully saturated rings. The zero-order valence-corrected chi connectivity index (χ0v) is 15.0. The van der Waals surface area contributed by atoms with Crippen LogP contribution in [0.3, 0.4) is 0 Å². The number of hydrogen-bond donors (Lipinski definition) is 2. The number of thioether (sulfide) groups is 1. The minimum Gasteiger partial charge on any atom is -0.399 e. The van der Waals surface area contributed by atoms with E-state index in [1.165, 1.54) is 5.03 Å². The van der Waals surface area contributed by atoms with Crippen LogP contribution in [0.15, 0.2) is 53.6 Å². The molecule has 2 aromatic carbocycles. The fourth-order valence-electron chi connectivity index (χ4n) is 3.32. The second-order valence-corrected chi connectivity index (χ2v) is 7.28. The highest BCUT2D eigenvalue weighted by molar-refractivity contribution is 7.99. The summed E-state index contributed by atoms with van der Waals surface area (Å²) in [5, 5.41) is 6.35. The van der Waals surface area contributed by atoms with Crippen LogP contribution in [-0.4, -0.2) is 25.3 Å². The lowest BCUT2D eigenvalue weighted by molar-refractivity contribution is 0.536. The number of hydrogen-bond acceptors (Lipinski definition) is 6. The fraction of sp³-hybridized carbons (Fsp3) is 0.105. The largest absolute Gasteiger partial charge is 0.399 e. The summed E-state index contributed by atoms with van der Waals surface area (Å²) >= 11 is 1.80. The van der Waals surface area contributed by atoms with Crippen molar-refractivity contribution in [2.45, 2.75) is 11.6 Å². The molecule has 0 aliphatic carbocycles. The molecule has 1 aliphatic heterocycles. The number of nitrogens with zero attached hydrogens (tertiary/aromatic N) is 4. The highest BCUT2D eigenvalue weighted by Gasteiger charge is 2.24. The van der Waals surface area contributed by atoms with Crippen LogP contribution in [0.4, 0.5) is 21.7 Å². The maximum atomic E-state index is 14.2. The first-order valence-corrected chi connectivity index (χ1v) is 9.46. The Morgan fingerprint density at radius 3 is 2.59 bits per heavy atom. The van der Waals surface area contributed by atoms with E-state index in [1.54, 1.807) is 36.0 Å². The third-order valence-corrected chi connectivity index (χ3v) is 5.57. The minimum absolute atomic E-state index is 0.160. The number of nitrogens with two attached hydrogens (primary N) is 1. The van der Waals surface area contributed by atoms with Crippen LogP contribution >= 0.6 is 11.8 Å². The molecule has 0 radical (unpaired) electrons. The van der Waals surface area contributed by atoms with Crippen molar-refractivity contribution in [3.05, 3.63) is 54.6 Å². The van der Waals surface area contributed by atoms with Crippen LogP contribution in [-0.2, 0) is 6.54 Å². The number of halogens is 1. The van der Waals surface area contributed by atoms with Gasteiger partial charge in [0, 0.05) is 34.4 Å². The zero-order chi connectivity index (χ0) is 18.4. The number of anilines is 3. The smallest absolute Gasteiger partial charge is 0.314 e. The molecule has 27 heavy (non-hydrogen) atoms. The standard InChI is InChI=1S/C19H15FN6S/c20-18-23-16(24-19(25-18)22-12-7-5-11(21)6-8-12)15-13-3-1-2-4-14(13)17-26(15)9-10-27-17/h1-8H,9-10,21H2,(H,22,23,24,25). The van der Waals surface area contributed by atoms with E-state index >= 15 is 0 Å². The van der Waals surface area contributed by atoms with Crippen LogP contribution in [0, 0.1) is 6.08 Å². The highest BCUT2D eigenvalue weighted by Crippen LogP contribution is 2.41. The van der Waals surface area contributed by atoms with Crippen molar-refractivity contribution in [3.63, 3.8) is 0 Å². The number of nitrogens with one attached hydrogen (secondary N) is 1. The number of rotatable bonds is 3. The summed E-state index contributed by atoms with van der Waals surface area (Å²) < 4.78 is 16.4. The van der Waals surface area contributed by atoms with E-state index in [4.69, 9.17) is 5.73 Å². The van der Waals surface area contributed by atoms with Crippen LogP contribution in [0.25, 0.3) is 22.3 Å². The van der Waals surface area contributed by atoms with E-state index in [-0.39, 0.29) is 5.95 Å². The molecule has 0 saturated heterocycles. The SMILES string of the molecule is Nc1ccc(Nc2nc(F)nc(-c3c4ccccc4c4n3CCS4)n2)cc1. The van der Waals surface area contributed by atoms with Crippen molar-refractivity contribution in [2.24, 2.45) is 0 Å². The van der Waals surface area contributed by atoms with Crippen LogP contribution in [0.5, 0.6) is 0 Å². The molecule has 2 aromatic heterocycles. The molecular formula is C19H15FN6S. The summed E-state index contributed by atoms with van der Waals surface area (Å²) in [6.45, 7) is 0.845. The fourth-order valence-corrected chi connectivity index (χ4v) is 4.46. The molecule has 6 nitrogen and oxygen atoms in total. The molecule has 134 valence electrons. The lowest BCUT2D eigenvalue weighted by Crippen LogP contribution is -2.06. The third kappa shape index (κ3) is 2.78. The first-order valence-electron chi connectivity index (χ1n) is 8.47. The Balaban J connectivity index is 1.63. The van der Waals surface area contributed by atoms with E-state index in [9.17, 15) is 4.39 Å². The molecule has 0 spiro atoms. The lowest BCUT2D eigenvalue weighted by Gasteiger charge is -2.09. The first kappa shape index (κ1) is 16.1. The molecule has 1 aliphatic rings. The van der Waals surface area contributed by atoms with Gasteiger partial charge < -0.3 is 15.6 Å². The Kier molecular flexibility index (Phi) is 3.71. The highest BCUT2D eigenvalue weighted by atomic mass is 32.2. The second kappa shape index (κ2) is 6.24. The average Bonchev–Trinajstić information content (AvgIpc) is 3.24. The van der Waals surface area contributed by atoms with Crippen molar-refractivity contribution in [3.8, 4) is 11.5 Å². The van der Waals surface area contributed by atoms with Gasteiger partial charge in [-0.2, -0.15) is 19.3 Å². The second-order valence-electron chi connectivity index (χ2n) is 6.20. The topological polar surface area (TPSA) is 81.6 Å². The Bertz CT molecular complexity index is 1160. The minimum atomic E-state index is -0.816. The van der Waals surface area contributed by atoms with Gasteiger partial charge in [0.05, 0.1) is 10.7 Å². The summed E-state index contributed by atoms with van der Waals surface area (Å²) in [7, 11) is 0. The number of fused-ring (bicyclic) bond motifs is 3. The Morgan fingerprint density at radius 2 is 1.78 bits per heavy atom. The van der Waals surface area contributed by atoms with Gasteiger partial charge in [0.15, 0.2) is 5.82 Å². The van der Waals surface area contributed by atoms with Gasteiger partial charge in [-0.25, -0.2) is 0 Å². The van der Waals surface area contributed by atoms with E-state index < -0.39 is 6.08 Å². The lowest BCUT2D eigenvalue weighted by atomic mass is 10.2. The Hall–Kier alpha value is -3.13. The van der Waals surface area contributed by atoms with Gasteiger partial charge >= 0.3 is 6.08 Å². The molecule has 8 heteroatoms. The van der Waals surface area contributed by atoms with E-state index in [2.05, 4.69) is 30.9 Å². The van der Waals surface area contributed by atoms with Gasteiger partial charge in [-0.3, -0.25) is 0 Å². The van der Waals surface area contributed by atoms with Crippen LogP contribution in [0.1, 0.15) is 0 Å². The normalized spacial score (nSPS) is 13.1. The van der Waals surface area contributed by atoms with Gasteiger partial charge in [0.25, 0.3) is 0 Å². The molecule has 3 heterocycles. The van der Waals surface area contributed by atoms with Gasteiger partial charge in [0.2, 0.25) is 5.95 Å². The van der Waals surface area contributed by atoms with Crippen molar-refractivity contribution in [1.82, 2.24) is 19.5 Å². The molecule has 0 unspecified atom stereocenters. The van der Waals surface area contributed by atoms with Crippen LogP contribution in [0.2, 0.25) is 0 Å². The molecular weight excluding hydrogens is 363 g/mol. The predicted molar refractivity (Wildman–Crippen MR) is 106 cm³/mol. The molecule has 3 N–H and O–H groups in total. The number of benzene rings is 2. The van der Waals surface area contributed by atoms with Crippen molar-refractivity contribution in [2.75, 3.05) is 16.8 Å². The first-order chi connectivity index (χ1) is 13.2. The third-order valence-electron chi connectivity index (χ3n) is 4.47. The summed E-state index contributed by atoms with van der Waals surface area (Å²) in [5.74, 6) is 1.47. The Morgan fingerprint density at radius 1 is 1.00 bits per heavy atom. The summed E-state index contributed by atoms with van der Waals surface area (Å²) in [6, 6.07) is 15.2. The molecule has 5 rings (SSSR count). The monoisotopic (exact) mass is 378 g/mol. The Labute approximate surface area is 158 Å². The van der Waals surface area contributed by atoms with Crippen molar-refractivity contribution in [1.29, 1.82) is 0 Å². The van der Waals surface area contributed by atoms with Crippen molar-refractivity contribution >= 4 is 39.9 Å². The summed E-state index contributed by atoms with van der Waals surface area (Å²) in [5.41, 5.74) is 7.90.